The fourth-order valence-electron chi connectivity index (χ4n) is 2.58. The largest absolute Gasteiger partial charge is 0.445 e. The van der Waals surface area contributed by atoms with Crippen LogP contribution in [0.25, 0.3) is 0 Å². The molecule has 1 fully saturated rings. The van der Waals surface area contributed by atoms with E-state index in [9.17, 15) is 13.2 Å². The van der Waals surface area contributed by atoms with E-state index in [1.807, 2.05) is 30.3 Å². The van der Waals surface area contributed by atoms with Crippen molar-refractivity contribution in [3.63, 3.8) is 0 Å². The first-order valence-corrected chi connectivity index (χ1v) is 9.56. The smallest absolute Gasteiger partial charge is 0.410 e. The lowest BCUT2D eigenvalue weighted by Gasteiger charge is -2.31. The maximum absolute atomic E-state index is 12.0. The third-order valence-corrected chi connectivity index (χ3v) is 4.50. The average Bonchev–Trinajstić information content (AvgIpc) is 2.53. The Hall–Kier alpha value is -1.60. The topological polar surface area (TPSA) is 72.9 Å². The van der Waals surface area contributed by atoms with Crippen LogP contribution >= 0.6 is 0 Å². The fourth-order valence-corrected chi connectivity index (χ4v) is 2.98. The highest BCUT2D eigenvalue weighted by atomic mass is 32.2. The minimum absolute atomic E-state index is 0.210. The van der Waals surface area contributed by atoms with Crippen molar-refractivity contribution in [2.24, 2.45) is 5.92 Å². The summed E-state index contributed by atoms with van der Waals surface area (Å²) < 4.78 is 31.9. The number of ether oxygens (including phenoxy) is 1. The van der Waals surface area contributed by atoms with E-state index >= 15 is 0 Å². The Kier molecular flexibility index (Phi) is 6.41. The van der Waals surface area contributed by atoms with Gasteiger partial charge in [0.05, 0.1) is 12.9 Å². The summed E-state index contributed by atoms with van der Waals surface area (Å²) in [5, 5.41) is 0. The summed E-state index contributed by atoms with van der Waals surface area (Å²) >= 11 is 0. The standard InChI is InChI=1S/C16H23NO5S/c1-23(19,20)22-12-9-14-7-10-17(11-8-14)16(18)21-13-15-5-3-2-4-6-15/h2-6,14H,7-13H2,1H3. The summed E-state index contributed by atoms with van der Waals surface area (Å²) in [7, 11) is -3.37. The van der Waals surface area contributed by atoms with Gasteiger partial charge in [-0.25, -0.2) is 4.79 Å². The number of amides is 1. The molecule has 1 heterocycles. The van der Waals surface area contributed by atoms with Crippen LogP contribution in [0, 0.1) is 5.92 Å². The van der Waals surface area contributed by atoms with Crippen LogP contribution in [-0.2, 0) is 25.6 Å². The third kappa shape index (κ3) is 6.58. The molecule has 23 heavy (non-hydrogen) atoms. The van der Waals surface area contributed by atoms with Crippen LogP contribution < -0.4 is 0 Å². The van der Waals surface area contributed by atoms with Gasteiger partial charge in [-0.05, 0) is 30.7 Å². The summed E-state index contributed by atoms with van der Waals surface area (Å²) in [6.07, 6.45) is 3.14. The number of carbonyl (C=O) groups excluding carboxylic acids is 1. The number of benzene rings is 1. The molecular weight excluding hydrogens is 318 g/mol. The lowest BCUT2D eigenvalue weighted by atomic mass is 9.94. The fraction of sp³-hybridized carbons (Fsp3) is 0.562. The molecule has 0 bridgehead atoms. The molecule has 1 aromatic rings. The molecule has 1 saturated heterocycles. The number of hydrogen-bond acceptors (Lipinski definition) is 5. The van der Waals surface area contributed by atoms with Gasteiger partial charge in [-0.15, -0.1) is 0 Å². The van der Waals surface area contributed by atoms with Gasteiger partial charge in [-0.2, -0.15) is 8.42 Å². The minimum Gasteiger partial charge on any atom is -0.445 e. The molecule has 1 aliphatic rings. The zero-order chi connectivity index (χ0) is 16.7. The monoisotopic (exact) mass is 341 g/mol. The number of carbonyl (C=O) groups is 1. The zero-order valence-electron chi connectivity index (χ0n) is 13.3. The van der Waals surface area contributed by atoms with Gasteiger partial charge in [-0.1, -0.05) is 30.3 Å². The number of hydrogen-bond donors (Lipinski definition) is 0. The average molecular weight is 341 g/mol. The molecule has 1 aliphatic heterocycles. The van der Waals surface area contributed by atoms with Crippen LogP contribution in [0.5, 0.6) is 0 Å². The molecule has 128 valence electrons. The second-order valence-corrected chi connectivity index (χ2v) is 7.43. The van der Waals surface area contributed by atoms with Crippen molar-refractivity contribution in [1.82, 2.24) is 4.90 Å². The van der Waals surface area contributed by atoms with Crippen LogP contribution in [0.2, 0.25) is 0 Å². The van der Waals surface area contributed by atoms with E-state index in [0.29, 0.717) is 25.4 Å². The molecule has 0 spiro atoms. The second kappa shape index (κ2) is 8.31. The van der Waals surface area contributed by atoms with E-state index in [1.165, 1.54) is 0 Å². The summed E-state index contributed by atoms with van der Waals surface area (Å²) in [5.74, 6) is 0.384. The molecule has 7 heteroatoms. The van der Waals surface area contributed by atoms with E-state index in [2.05, 4.69) is 0 Å². The van der Waals surface area contributed by atoms with Crippen LogP contribution in [0.3, 0.4) is 0 Å². The highest BCUT2D eigenvalue weighted by Crippen LogP contribution is 2.21. The summed E-state index contributed by atoms with van der Waals surface area (Å²) in [4.78, 5) is 13.7. The minimum atomic E-state index is -3.37. The lowest BCUT2D eigenvalue weighted by molar-refractivity contribution is 0.0802. The van der Waals surface area contributed by atoms with Crippen molar-refractivity contribution in [2.45, 2.75) is 25.9 Å². The molecular formula is C16H23NO5S. The van der Waals surface area contributed by atoms with Gasteiger partial charge in [0.15, 0.2) is 0 Å². The van der Waals surface area contributed by atoms with E-state index < -0.39 is 10.1 Å². The second-order valence-electron chi connectivity index (χ2n) is 5.79. The van der Waals surface area contributed by atoms with Crippen molar-refractivity contribution < 1.29 is 22.1 Å². The Morgan fingerprint density at radius 2 is 1.87 bits per heavy atom. The molecule has 2 rings (SSSR count). The van der Waals surface area contributed by atoms with Crippen LogP contribution in [0.1, 0.15) is 24.8 Å². The Balaban J connectivity index is 1.66. The van der Waals surface area contributed by atoms with Crippen LogP contribution in [-0.4, -0.2) is 45.4 Å². The van der Waals surface area contributed by atoms with Crippen molar-refractivity contribution in [3.8, 4) is 0 Å². The number of likely N-dealkylation sites (tertiary alicyclic amines) is 1. The third-order valence-electron chi connectivity index (χ3n) is 3.90. The Morgan fingerprint density at radius 1 is 1.22 bits per heavy atom. The maximum Gasteiger partial charge on any atom is 0.410 e. The van der Waals surface area contributed by atoms with Gasteiger partial charge in [-0.3, -0.25) is 4.18 Å². The quantitative estimate of drug-likeness (QED) is 0.743. The number of nitrogens with zero attached hydrogens (tertiary/aromatic N) is 1. The maximum atomic E-state index is 12.0. The van der Waals surface area contributed by atoms with Gasteiger partial charge in [0.2, 0.25) is 0 Å². The van der Waals surface area contributed by atoms with Crippen molar-refractivity contribution in [2.75, 3.05) is 26.0 Å². The van der Waals surface area contributed by atoms with Crippen molar-refractivity contribution in [3.05, 3.63) is 35.9 Å². The first-order valence-electron chi connectivity index (χ1n) is 7.74. The zero-order valence-corrected chi connectivity index (χ0v) is 14.1. The van der Waals surface area contributed by atoms with Gasteiger partial charge >= 0.3 is 6.09 Å². The van der Waals surface area contributed by atoms with Gasteiger partial charge in [0.1, 0.15) is 6.61 Å². The van der Waals surface area contributed by atoms with E-state index in [0.717, 1.165) is 24.7 Å². The van der Waals surface area contributed by atoms with Gasteiger partial charge in [0, 0.05) is 13.1 Å². The Morgan fingerprint density at radius 3 is 2.48 bits per heavy atom. The molecule has 1 amide bonds. The number of rotatable bonds is 6. The molecule has 0 aliphatic carbocycles. The predicted octanol–water partition coefficient (Wildman–Crippen LogP) is 2.40. The lowest BCUT2D eigenvalue weighted by Crippen LogP contribution is -2.39. The van der Waals surface area contributed by atoms with Crippen molar-refractivity contribution in [1.29, 1.82) is 0 Å². The SMILES string of the molecule is CS(=O)(=O)OCCC1CCN(C(=O)OCc2ccccc2)CC1. The van der Waals surface area contributed by atoms with Gasteiger partial charge in [0.25, 0.3) is 10.1 Å². The van der Waals surface area contributed by atoms with Gasteiger partial charge < -0.3 is 9.64 Å². The van der Waals surface area contributed by atoms with Crippen LogP contribution in [0.4, 0.5) is 4.79 Å². The van der Waals surface area contributed by atoms with E-state index in [4.69, 9.17) is 8.92 Å². The molecule has 0 saturated carbocycles. The van der Waals surface area contributed by atoms with E-state index in [1.54, 1.807) is 4.90 Å². The normalized spacial score (nSPS) is 16.3. The molecule has 0 radical (unpaired) electrons. The Labute approximate surface area is 137 Å². The first kappa shape index (κ1) is 17.7. The molecule has 0 unspecified atom stereocenters. The molecule has 0 aromatic heterocycles. The summed E-state index contributed by atoms with van der Waals surface area (Å²) in [5.41, 5.74) is 0.966. The molecule has 1 aromatic carbocycles. The first-order chi connectivity index (χ1) is 10.9. The van der Waals surface area contributed by atoms with Crippen molar-refractivity contribution >= 4 is 16.2 Å². The summed E-state index contributed by atoms with van der Waals surface area (Å²) in [6, 6.07) is 9.58. The predicted molar refractivity (Wildman–Crippen MR) is 86.3 cm³/mol. The molecule has 0 N–H and O–H groups in total. The summed E-state index contributed by atoms with van der Waals surface area (Å²) in [6.45, 7) is 1.76. The van der Waals surface area contributed by atoms with E-state index in [-0.39, 0.29) is 19.3 Å². The number of piperidine rings is 1. The molecule has 0 atom stereocenters. The molecule has 6 nitrogen and oxygen atoms in total. The Bertz CT molecular complexity index is 594. The van der Waals surface area contributed by atoms with Crippen LogP contribution in [0.15, 0.2) is 30.3 Å². The highest BCUT2D eigenvalue weighted by molar-refractivity contribution is 7.85. The highest BCUT2D eigenvalue weighted by Gasteiger charge is 2.23.